The van der Waals surface area contributed by atoms with E-state index in [0.29, 0.717) is 0 Å². The number of alkyl halides is 1. The smallest absolute Gasteiger partial charge is 0.123 e. The summed E-state index contributed by atoms with van der Waals surface area (Å²) < 4.78 is 12.6. The fraction of sp³-hybridized carbons (Fsp3) is 0.333. The summed E-state index contributed by atoms with van der Waals surface area (Å²) in [7, 11) is 0. The highest BCUT2D eigenvalue weighted by Gasteiger charge is 1.91. The molecule has 0 aliphatic rings. The number of aryl methyl sites for hydroxylation is 1. The quantitative estimate of drug-likeness (QED) is 0.550. The van der Waals surface area contributed by atoms with Crippen LogP contribution in [-0.4, -0.2) is 5.33 Å². The van der Waals surface area contributed by atoms with E-state index in [9.17, 15) is 4.39 Å². The van der Waals surface area contributed by atoms with Crippen molar-refractivity contribution in [1.29, 1.82) is 0 Å². The number of allylic oxidation sites excluding steroid dienone is 2. The fourth-order valence-electron chi connectivity index (χ4n) is 1.20. The van der Waals surface area contributed by atoms with Gasteiger partial charge in [0.1, 0.15) is 5.82 Å². The molecule has 0 unspecified atom stereocenters. The lowest BCUT2D eigenvalue weighted by molar-refractivity contribution is 0.627. The minimum atomic E-state index is -0.163. The molecule has 0 saturated carbocycles. The Kier molecular flexibility index (Phi) is 5.53. The van der Waals surface area contributed by atoms with Gasteiger partial charge in [-0.25, -0.2) is 4.39 Å². The van der Waals surface area contributed by atoms with Gasteiger partial charge in [-0.1, -0.05) is 40.2 Å². The largest absolute Gasteiger partial charge is 0.207 e. The molecule has 0 radical (unpaired) electrons. The molecular weight excluding hydrogens is 243 g/mol. The molecule has 0 saturated heterocycles. The Balaban J connectivity index is 2.28. The van der Waals surface area contributed by atoms with Gasteiger partial charge in [0.2, 0.25) is 0 Å². The molecule has 0 spiro atoms. The highest BCUT2D eigenvalue weighted by atomic mass is 79.9. The summed E-state index contributed by atoms with van der Waals surface area (Å²) in [4.78, 5) is 0. The first-order chi connectivity index (χ1) is 6.83. The molecule has 0 heterocycles. The molecule has 2 heteroatoms. The molecule has 0 aliphatic carbocycles. The maximum Gasteiger partial charge on any atom is 0.123 e. The van der Waals surface area contributed by atoms with Crippen LogP contribution in [0, 0.1) is 5.82 Å². The Hall–Kier alpha value is -0.630. The lowest BCUT2D eigenvalue weighted by atomic mass is 10.1. The van der Waals surface area contributed by atoms with Crippen molar-refractivity contribution in [2.75, 3.05) is 5.33 Å². The van der Waals surface area contributed by atoms with Crippen LogP contribution in [-0.2, 0) is 6.42 Å². The van der Waals surface area contributed by atoms with Gasteiger partial charge in [-0.3, -0.25) is 0 Å². The molecule has 0 atom stereocenters. The van der Waals surface area contributed by atoms with E-state index in [2.05, 4.69) is 28.1 Å². The number of hydrogen-bond acceptors (Lipinski definition) is 0. The van der Waals surface area contributed by atoms with Gasteiger partial charge in [-0.05, 0) is 37.0 Å². The van der Waals surface area contributed by atoms with E-state index < -0.39 is 0 Å². The van der Waals surface area contributed by atoms with Crippen molar-refractivity contribution < 1.29 is 4.39 Å². The van der Waals surface area contributed by atoms with Crippen LogP contribution in [0.1, 0.15) is 18.4 Å². The van der Waals surface area contributed by atoms with Crippen LogP contribution < -0.4 is 0 Å². The first-order valence-corrected chi connectivity index (χ1v) is 5.90. The first-order valence-electron chi connectivity index (χ1n) is 4.78. The Morgan fingerprint density at radius 1 is 1.07 bits per heavy atom. The van der Waals surface area contributed by atoms with Crippen molar-refractivity contribution in [3.05, 3.63) is 47.8 Å². The van der Waals surface area contributed by atoms with E-state index in [0.717, 1.165) is 24.6 Å². The van der Waals surface area contributed by atoms with Crippen molar-refractivity contribution in [1.82, 2.24) is 0 Å². The van der Waals surface area contributed by atoms with Crippen LogP contribution >= 0.6 is 15.9 Å². The summed E-state index contributed by atoms with van der Waals surface area (Å²) in [6.07, 6.45) is 7.42. The molecule has 0 amide bonds. The second-order valence-electron chi connectivity index (χ2n) is 3.11. The van der Waals surface area contributed by atoms with Crippen LogP contribution in [0.2, 0.25) is 0 Å². The zero-order valence-corrected chi connectivity index (χ0v) is 9.63. The molecule has 0 bridgehead atoms. The Bertz CT molecular complexity index is 277. The minimum absolute atomic E-state index is 0.163. The SMILES string of the molecule is Fc1ccc(CC/C=C/CCBr)cc1. The van der Waals surface area contributed by atoms with Crippen LogP contribution in [0.5, 0.6) is 0 Å². The molecular formula is C12H14BrF. The van der Waals surface area contributed by atoms with Crippen LogP contribution in [0.25, 0.3) is 0 Å². The number of rotatable bonds is 5. The first kappa shape index (κ1) is 11.4. The highest BCUT2D eigenvalue weighted by Crippen LogP contribution is 2.06. The number of halogens is 2. The Labute approximate surface area is 93.0 Å². The van der Waals surface area contributed by atoms with Gasteiger partial charge in [-0.2, -0.15) is 0 Å². The second kappa shape index (κ2) is 6.77. The van der Waals surface area contributed by atoms with E-state index in [-0.39, 0.29) is 5.82 Å². The van der Waals surface area contributed by atoms with Gasteiger partial charge in [0.15, 0.2) is 0 Å². The molecule has 0 N–H and O–H groups in total. The summed E-state index contributed by atoms with van der Waals surface area (Å²) in [5.74, 6) is -0.163. The van der Waals surface area contributed by atoms with Gasteiger partial charge in [-0.15, -0.1) is 0 Å². The van der Waals surface area contributed by atoms with Crippen molar-refractivity contribution in [3.63, 3.8) is 0 Å². The standard InChI is InChI=1S/C12H14BrF/c13-10-4-2-1-3-5-11-6-8-12(14)9-7-11/h1-2,6-9H,3-5,10H2/b2-1+. The molecule has 0 aromatic heterocycles. The summed E-state index contributed by atoms with van der Waals surface area (Å²) in [5.41, 5.74) is 1.19. The zero-order chi connectivity index (χ0) is 10.2. The third-order valence-electron chi connectivity index (χ3n) is 1.96. The monoisotopic (exact) mass is 256 g/mol. The van der Waals surface area contributed by atoms with Crippen molar-refractivity contribution in [2.24, 2.45) is 0 Å². The van der Waals surface area contributed by atoms with Gasteiger partial charge in [0.05, 0.1) is 0 Å². The van der Waals surface area contributed by atoms with Crippen LogP contribution in [0.4, 0.5) is 4.39 Å². The predicted octanol–water partition coefficient (Wildman–Crippen LogP) is 4.10. The number of benzene rings is 1. The summed E-state index contributed by atoms with van der Waals surface area (Å²) in [5, 5.41) is 1.01. The van der Waals surface area contributed by atoms with E-state index in [1.165, 1.54) is 17.7 Å². The van der Waals surface area contributed by atoms with E-state index in [1.54, 1.807) is 0 Å². The molecule has 0 fully saturated rings. The third-order valence-corrected chi connectivity index (χ3v) is 2.41. The molecule has 1 aromatic carbocycles. The predicted molar refractivity (Wildman–Crippen MR) is 62.3 cm³/mol. The van der Waals surface area contributed by atoms with Gasteiger partial charge in [0, 0.05) is 5.33 Å². The van der Waals surface area contributed by atoms with Gasteiger partial charge in [0.25, 0.3) is 0 Å². The summed E-state index contributed by atoms with van der Waals surface area (Å²) >= 11 is 3.36. The van der Waals surface area contributed by atoms with E-state index in [1.807, 2.05) is 12.1 Å². The Morgan fingerprint density at radius 2 is 1.71 bits per heavy atom. The lowest BCUT2D eigenvalue weighted by Crippen LogP contribution is -1.83. The van der Waals surface area contributed by atoms with Crippen LogP contribution in [0.3, 0.4) is 0 Å². The molecule has 1 aromatic rings. The summed E-state index contributed by atoms with van der Waals surface area (Å²) in [6.45, 7) is 0. The lowest BCUT2D eigenvalue weighted by Gasteiger charge is -1.97. The molecule has 1 rings (SSSR count). The highest BCUT2D eigenvalue weighted by molar-refractivity contribution is 9.09. The molecule has 0 nitrogen and oxygen atoms in total. The van der Waals surface area contributed by atoms with Gasteiger partial charge >= 0.3 is 0 Å². The Morgan fingerprint density at radius 3 is 2.36 bits per heavy atom. The summed E-state index contributed by atoms with van der Waals surface area (Å²) in [6, 6.07) is 6.70. The van der Waals surface area contributed by atoms with Crippen LogP contribution in [0.15, 0.2) is 36.4 Å². The van der Waals surface area contributed by atoms with Crippen molar-refractivity contribution >= 4 is 15.9 Å². The topological polar surface area (TPSA) is 0 Å². The fourth-order valence-corrected chi connectivity index (χ4v) is 1.46. The number of hydrogen-bond donors (Lipinski definition) is 0. The maximum atomic E-state index is 12.6. The molecule has 76 valence electrons. The molecule has 14 heavy (non-hydrogen) atoms. The second-order valence-corrected chi connectivity index (χ2v) is 3.91. The van der Waals surface area contributed by atoms with E-state index in [4.69, 9.17) is 0 Å². The van der Waals surface area contributed by atoms with Crippen molar-refractivity contribution in [2.45, 2.75) is 19.3 Å². The average Bonchev–Trinajstić information content (AvgIpc) is 2.21. The van der Waals surface area contributed by atoms with Crippen molar-refractivity contribution in [3.8, 4) is 0 Å². The van der Waals surface area contributed by atoms with Gasteiger partial charge < -0.3 is 0 Å². The molecule has 0 aliphatic heterocycles. The third kappa shape index (κ3) is 4.56. The average molecular weight is 257 g/mol. The maximum absolute atomic E-state index is 12.6. The minimum Gasteiger partial charge on any atom is -0.207 e. The normalized spacial score (nSPS) is 11.0. The van der Waals surface area contributed by atoms with E-state index >= 15 is 0 Å². The zero-order valence-electron chi connectivity index (χ0n) is 8.05.